The highest BCUT2D eigenvalue weighted by Gasteiger charge is 2.38. The number of rotatable bonds is 3. The molecule has 0 aliphatic carbocycles. The number of likely N-dealkylation sites (tertiary alicyclic amines) is 1. The molecule has 6 nitrogen and oxygen atoms in total. The van der Waals surface area contributed by atoms with E-state index in [0.29, 0.717) is 29.0 Å². The van der Waals surface area contributed by atoms with Crippen LogP contribution in [0, 0.1) is 12.8 Å². The van der Waals surface area contributed by atoms with Gasteiger partial charge in [0.2, 0.25) is 0 Å². The molecule has 2 atom stereocenters. The van der Waals surface area contributed by atoms with Crippen molar-refractivity contribution in [3.8, 4) is 0 Å². The van der Waals surface area contributed by atoms with Crippen molar-refractivity contribution < 1.29 is 14.1 Å². The fraction of sp³-hybridized carbons (Fsp3) is 0.765. The second-order valence-electron chi connectivity index (χ2n) is 7.07. The first kappa shape index (κ1) is 16.5. The Morgan fingerprint density at radius 3 is 2.61 bits per heavy atom. The molecule has 3 rings (SSSR count). The maximum Gasteiger partial charge on any atom is 0.259 e. The first-order valence-corrected chi connectivity index (χ1v) is 8.56. The molecule has 2 saturated heterocycles. The van der Waals surface area contributed by atoms with Gasteiger partial charge in [-0.3, -0.25) is 9.69 Å². The molecule has 0 saturated carbocycles. The summed E-state index contributed by atoms with van der Waals surface area (Å²) in [6.45, 7) is 13.2. The Labute approximate surface area is 137 Å². The number of aryl methyl sites for hydroxylation is 1. The highest BCUT2D eigenvalue weighted by atomic mass is 16.5. The highest BCUT2D eigenvalue weighted by molar-refractivity contribution is 5.96. The summed E-state index contributed by atoms with van der Waals surface area (Å²) in [5.74, 6) is 1.40. The van der Waals surface area contributed by atoms with Crippen molar-refractivity contribution >= 4 is 5.91 Å². The second-order valence-corrected chi connectivity index (χ2v) is 7.07. The minimum atomic E-state index is 0.0649. The van der Waals surface area contributed by atoms with Crippen LogP contribution in [0.1, 0.15) is 48.5 Å². The Morgan fingerprint density at radius 1 is 1.26 bits per heavy atom. The zero-order valence-electron chi connectivity index (χ0n) is 14.5. The van der Waals surface area contributed by atoms with Gasteiger partial charge >= 0.3 is 0 Å². The van der Waals surface area contributed by atoms with Crippen molar-refractivity contribution in [2.24, 2.45) is 5.92 Å². The Bertz CT molecular complexity index is 563. The van der Waals surface area contributed by atoms with Crippen LogP contribution < -0.4 is 0 Å². The number of ether oxygens (including phenoxy) is 1. The van der Waals surface area contributed by atoms with E-state index in [1.165, 1.54) is 0 Å². The third kappa shape index (κ3) is 3.15. The van der Waals surface area contributed by atoms with Gasteiger partial charge < -0.3 is 14.2 Å². The predicted molar refractivity (Wildman–Crippen MR) is 86.6 cm³/mol. The largest absolute Gasteiger partial charge is 0.379 e. The van der Waals surface area contributed by atoms with Crippen molar-refractivity contribution in [2.75, 3.05) is 39.4 Å². The summed E-state index contributed by atoms with van der Waals surface area (Å²) >= 11 is 0. The van der Waals surface area contributed by atoms with Gasteiger partial charge in [-0.2, -0.15) is 0 Å². The molecule has 1 aromatic rings. The molecule has 0 bridgehead atoms. The fourth-order valence-corrected chi connectivity index (χ4v) is 3.70. The van der Waals surface area contributed by atoms with E-state index in [9.17, 15) is 4.79 Å². The minimum absolute atomic E-state index is 0.0649. The number of carbonyl (C=O) groups is 1. The van der Waals surface area contributed by atoms with Gasteiger partial charge in [0.1, 0.15) is 5.56 Å². The molecule has 128 valence electrons. The van der Waals surface area contributed by atoms with Gasteiger partial charge in [-0.25, -0.2) is 0 Å². The van der Waals surface area contributed by atoms with E-state index >= 15 is 0 Å². The van der Waals surface area contributed by atoms with Gasteiger partial charge in [-0.15, -0.1) is 0 Å². The number of nitrogens with zero attached hydrogens (tertiary/aromatic N) is 3. The summed E-state index contributed by atoms with van der Waals surface area (Å²) in [5.41, 5.74) is 1.36. The first-order valence-electron chi connectivity index (χ1n) is 8.56. The molecule has 1 aromatic heterocycles. The zero-order valence-corrected chi connectivity index (χ0v) is 14.5. The Balaban J connectivity index is 1.75. The van der Waals surface area contributed by atoms with E-state index in [0.717, 1.165) is 39.4 Å². The van der Waals surface area contributed by atoms with Crippen LogP contribution in [0.15, 0.2) is 4.52 Å². The van der Waals surface area contributed by atoms with Crippen molar-refractivity contribution in [1.29, 1.82) is 0 Å². The summed E-state index contributed by atoms with van der Waals surface area (Å²) in [6, 6.07) is 0.422. The lowest BCUT2D eigenvalue weighted by Gasteiger charge is -2.33. The van der Waals surface area contributed by atoms with E-state index in [2.05, 4.69) is 17.0 Å². The van der Waals surface area contributed by atoms with Gasteiger partial charge in [0.25, 0.3) is 5.91 Å². The Kier molecular flexibility index (Phi) is 4.73. The van der Waals surface area contributed by atoms with Crippen LogP contribution in [-0.4, -0.2) is 66.3 Å². The van der Waals surface area contributed by atoms with Crippen LogP contribution in [0.4, 0.5) is 0 Å². The summed E-state index contributed by atoms with van der Waals surface area (Å²) in [5, 5.41) is 4.01. The topological polar surface area (TPSA) is 58.8 Å². The number of hydrogen-bond acceptors (Lipinski definition) is 5. The second kappa shape index (κ2) is 6.61. The lowest BCUT2D eigenvalue weighted by molar-refractivity contribution is 0.0119. The third-order valence-corrected chi connectivity index (χ3v) is 5.00. The SMILES string of the molecule is Cc1noc(C(C)C)c1C(=O)N1C[C@@H](C)[C@H](N2CCOCC2)C1. The zero-order chi connectivity index (χ0) is 16.6. The van der Waals surface area contributed by atoms with Crippen LogP contribution in [0.25, 0.3) is 0 Å². The van der Waals surface area contributed by atoms with Gasteiger partial charge in [0.15, 0.2) is 5.76 Å². The van der Waals surface area contributed by atoms with Gasteiger partial charge in [0.05, 0.1) is 18.9 Å². The van der Waals surface area contributed by atoms with E-state index in [1.807, 2.05) is 25.7 Å². The van der Waals surface area contributed by atoms with E-state index in [-0.39, 0.29) is 11.8 Å². The van der Waals surface area contributed by atoms with E-state index < -0.39 is 0 Å². The summed E-state index contributed by atoms with van der Waals surface area (Å²) in [4.78, 5) is 17.4. The van der Waals surface area contributed by atoms with Crippen molar-refractivity contribution in [3.63, 3.8) is 0 Å². The third-order valence-electron chi connectivity index (χ3n) is 5.00. The summed E-state index contributed by atoms with van der Waals surface area (Å²) < 4.78 is 10.8. The molecule has 23 heavy (non-hydrogen) atoms. The molecule has 0 aromatic carbocycles. The first-order chi connectivity index (χ1) is 11.0. The van der Waals surface area contributed by atoms with Gasteiger partial charge in [-0.05, 0) is 12.8 Å². The average molecular weight is 321 g/mol. The molecule has 2 aliphatic heterocycles. The van der Waals surface area contributed by atoms with Crippen molar-refractivity contribution in [2.45, 2.75) is 39.7 Å². The fourth-order valence-electron chi connectivity index (χ4n) is 3.70. The molecule has 0 radical (unpaired) electrons. The molecule has 0 N–H and O–H groups in total. The van der Waals surface area contributed by atoms with Crippen molar-refractivity contribution in [1.82, 2.24) is 15.0 Å². The molecule has 0 unspecified atom stereocenters. The lowest BCUT2D eigenvalue weighted by Crippen LogP contribution is -2.47. The number of hydrogen-bond donors (Lipinski definition) is 0. The van der Waals surface area contributed by atoms with E-state index in [4.69, 9.17) is 9.26 Å². The predicted octanol–water partition coefficient (Wildman–Crippen LogP) is 1.90. The molecular formula is C17H27N3O3. The smallest absolute Gasteiger partial charge is 0.259 e. The van der Waals surface area contributed by atoms with Gasteiger partial charge in [0, 0.05) is 38.1 Å². The van der Waals surface area contributed by atoms with Crippen LogP contribution >= 0.6 is 0 Å². The molecular weight excluding hydrogens is 294 g/mol. The number of carbonyl (C=O) groups excluding carboxylic acids is 1. The van der Waals surface area contributed by atoms with Crippen LogP contribution in [0.5, 0.6) is 0 Å². The Morgan fingerprint density at radius 2 is 1.96 bits per heavy atom. The minimum Gasteiger partial charge on any atom is -0.379 e. The maximum atomic E-state index is 13.0. The summed E-state index contributed by atoms with van der Waals surface area (Å²) in [6.07, 6.45) is 0. The van der Waals surface area contributed by atoms with Gasteiger partial charge in [-0.1, -0.05) is 25.9 Å². The quantitative estimate of drug-likeness (QED) is 0.851. The number of aromatic nitrogens is 1. The lowest BCUT2D eigenvalue weighted by atomic mass is 10.0. The van der Waals surface area contributed by atoms with Crippen LogP contribution in [0.2, 0.25) is 0 Å². The monoisotopic (exact) mass is 321 g/mol. The van der Waals surface area contributed by atoms with Crippen LogP contribution in [-0.2, 0) is 4.74 Å². The molecule has 1 amide bonds. The maximum absolute atomic E-state index is 13.0. The normalized spacial score (nSPS) is 26.2. The Hall–Kier alpha value is -1.40. The standard InChI is InChI=1S/C17H27N3O3/c1-11(2)16-15(13(4)18-23-16)17(21)20-9-12(3)14(10-20)19-5-7-22-8-6-19/h11-12,14H,5-10H2,1-4H3/t12-,14-/m1/s1. The molecule has 2 fully saturated rings. The van der Waals surface area contributed by atoms with Crippen LogP contribution in [0.3, 0.4) is 0 Å². The molecule has 6 heteroatoms. The molecule has 0 spiro atoms. The molecule has 3 heterocycles. The summed E-state index contributed by atoms with van der Waals surface area (Å²) in [7, 11) is 0. The van der Waals surface area contributed by atoms with Crippen molar-refractivity contribution in [3.05, 3.63) is 17.0 Å². The molecule has 2 aliphatic rings. The van der Waals surface area contributed by atoms with E-state index in [1.54, 1.807) is 0 Å². The highest BCUT2D eigenvalue weighted by Crippen LogP contribution is 2.28. The number of morpholine rings is 1. The number of amides is 1. The average Bonchev–Trinajstić information content (AvgIpc) is 3.11.